The van der Waals surface area contributed by atoms with Crippen molar-refractivity contribution in [1.29, 1.82) is 0 Å². The third kappa shape index (κ3) is 11.7. The molecule has 0 aliphatic carbocycles. The topological polar surface area (TPSA) is 55.4 Å². The van der Waals surface area contributed by atoms with Gasteiger partial charge in [-0.1, -0.05) is 20.8 Å². The van der Waals surface area contributed by atoms with Gasteiger partial charge in [0.15, 0.2) is 5.79 Å². The second-order valence-electron chi connectivity index (χ2n) is 17.1. The molecule has 0 amide bonds. The van der Waals surface area contributed by atoms with Gasteiger partial charge in [0, 0.05) is 27.7 Å². The molecule has 4 aromatic rings. The van der Waals surface area contributed by atoms with E-state index in [9.17, 15) is 0 Å². The molecule has 5 rings (SSSR count). The Morgan fingerprint density at radius 3 is 0.893 bits per heavy atom. The summed E-state index contributed by atoms with van der Waals surface area (Å²) in [5.41, 5.74) is 4.76. The highest BCUT2D eigenvalue weighted by Crippen LogP contribution is 2.44. The SMILES string of the molecule is CCOc1ccc(C[N+](C)(Cc2ccc(OCC)cc2)C[C@@H]2OC(C)(C(C)(C)C)O[C@H]2C[N+](C)(Cc2ccc(OCC)cc2)Cc2ccc(OCC)cc2)cc1. The lowest BCUT2D eigenvalue weighted by Gasteiger charge is -2.40. The van der Waals surface area contributed by atoms with Crippen molar-refractivity contribution in [2.75, 3.05) is 53.6 Å². The molecule has 0 unspecified atom stereocenters. The highest BCUT2D eigenvalue weighted by molar-refractivity contribution is 5.30. The molecule has 2 atom stereocenters. The van der Waals surface area contributed by atoms with E-state index in [-0.39, 0.29) is 17.6 Å². The molecule has 1 aliphatic rings. The van der Waals surface area contributed by atoms with Crippen LogP contribution >= 0.6 is 0 Å². The van der Waals surface area contributed by atoms with Crippen LogP contribution in [0.5, 0.6) is 23.0 Å². The van der Waals surface area contributed by atoms with Crippen LogP contribution in [-0.4, -0.2) is 80.6 Å². The van der Waals surface area contributed by atoms with Crippen molar-refractivity contribution >= 4 is 0 Å². The van der Waals surface area contributed by atoms with Crippen molar-refractivity contribution in [2.45, 2.75) is 99.6 Å². The summed E-state index contributed by atoms with van der Waals surface area (Å²) < 4.78 is 39.0. The molecule has 0 spiro atoms. The van der Waals surface area contributed by atoms with Crippen LogP contribution in [-0.2, 0) is 35.7 Å². The van der Waals surface area contributed by atoms with Crippen LogP contribution in [0.25, 0.3) is 0 Å². The minimum Gasteiger partial charge on any atom is -0.494 e. The highest BCUT2D eigenvalue weighted by atomic mass is 16.8. The summed E-state index contributed by atoms with van der Waals surface area (Å²) in [6.07, 6.45) is -0.319. The van der Waals surface area contributed by atoms with Crippen LogP contribution in [0.2, 0.25) is 0 Å². The first-order chi connectivity index (χ1) is 26.7. The monoisotopic (exact) mass is 769 g/mol. The van der Waals surface area contributed by atoms with Gasteiger partial charge < -0.3 is 37.4 Å². The normalized spacial score (nSPS) is 17.1. The van der Waals surface area contributed by atoms with Gasteiger partial charge in [-0.2, -0.15) is 0 Å². The smallest absolute Gasteiger partial charge is 0.171 e. The Morgan fingerprint density at radius 1 is 0.464 bits per heavy atom. The number of benzene rings is 4. The Kier molecular flexibility index (Phi) is 14.5. The van der Waals surface area contributed by atoms with Crippen molar-refractivity contribution in [1.82, 2.24) is 0 Å². The zero-order valence-electron chi connectivity index (χ0n) is 35.8. The molecule has 1 aliphatic heterocycles. The van der Waals surface area contributed by atoms with Gasteiger partial charge in [-0.3, -0.25) is 0 Å². The molecular weight excluding hydrogens is 701 g/mol. The van der Waals surface area contributed by atoms with E-state index in [2.05, 4.69) is 139 Å². The molecular formula is C48H68N2O6+2. The lowest BCUT2D eigenvalue weighted by molar-refractivity contribution is -0.944. The fourth-order valence-corrected chi connectivity index (χ4v) is 7.85. The van der Waals surface area contributed by atoms with Gasteiger partial charge in [0.05, 0.1) is 40.5 Å². The lowest BCUT2D eigenvalue weighted by Crippen LogP contribution is -2.54. The quantitative estimate of drug-likeness (QED) is 0.0835. The Balaban J connectivity index is 1.50. The summed E-state index contributed by atoms with van der Waals surface area (Å²) in [5.74, 6) is 2.80. The fourth-order valence-electron chi connectivity index (χ4n) is 7.85. The van der Waals surface area contributed by atoms with Crippen LogP contribution < -0.4 is 18.9 Å². The van der Waals surface area contributed by atoms with E-state index in [0.29, 0.717) is 26.4 Å². The number of likely N-dealkylation sites (N-methyl/N-ethyl adjacent to an activating group) is 2. The Bertz CT molecular complexity index is 1540. The number of hydrogen-bond donors (Lipinski definition) is 0. The molecule has 0 saturated carbocycles. The second-order valence-corrected chi connectivity index (χ2v) is 17.1. The zero-order chi connectivity index (χ0) is 40.4. The van der Waals surface area contributed by atoms with Crippen LogP contribution in [0.4, 0.5) is 0 Å². The first-order valence-electron chi connectivity index (χ1n) is 20.6. The maximum atomic E-state index is 7.21. The van der Waals surface area contributed by atoms with E-state index < -0.39 is 5.79 Å². The first kappa shape index (κ1) is 43.1. The van der Waals surface area contributed by atoms with Crippen molar-refractivity contribution in [2.24, 2.45) is 5.41 Å². The molecule has 0 radical (unpaired) electrons. The molecule has 4 aromatic carbocycles. The summed E-state index contributed by atoms with van der Waals surface area (Å²) in [6, 6.07) is 34.2. The average Bonchev–Trinajstić information content (AvgIpc) is 3.46. The van der Waals surface area contributed by atoms with Crippen molar-refractivity contribution in [3.8, 4) is 23.0 Å². The minimum absolute atomic E-state index is 0.160. The Hall–Kier alpha value is -4.08. The molecule has 304 valence electrons. The van der Waals surface area contributed by atoms with E-state index in [1.165, 1.54) is 22.3 Å². The third-order valence-corrected chi connectivity index (χ3v) is 11.0. The van der Waals surface area contributed by atoms with E-state index in [1.807, 2.05) is 27.7 Å². The second kappa shape index (κ2) is 18.9. The van der Waals surface area contributed by atoms with Crippen molar-refractivity contribution in [3.63, 3.8) is 0 Å². The molecule has 1 saturated heterocycles. The van der Waals surface area contributed by atoms with Crippen LogP contribution in [0, 0.1) is 5.41 Å². The summed E-state index contributed by atoms with van der Waals surface area (Å²) in [5, 5.41) is 0. The largest absolute Gasteiger partial charge is 0.494 e. The molecule has 1 fully saturated rings. The summed E-state index contributed by atoms with van der Waals surface area (Å²) in [6.45, 7) is 24.3. The predicted molar refractivity (Wildman–Crippen MR) is 225 cm³/mol. The first-order valence-corrected chi connectivity index (χ1v) is 20.6. The number of nitrogens with zero attached hydrogens (tertiary/aromatic N) is 2. The lowest BCUT2D eigenvalue weighted by atomic mass is 9.87. The van der Waals surface area contributed by atoms with Gasteiger partial charge in [-0.15, -0.1) is 0 Å². The molecule has 0 aromatic heterocycles. The van der Waals surface area contributed by atoms with Crippen molar-refractivity contribution in [3.05, 3.63) is 119 Å². The Labute approximate surface area is 337 Å². The number of quaternary nitrogens is 2. The van der Waals surface area contributed by atoms with Crippen LogP contribution in [0.15, 0.2) is 97.1 Å². The molecule has 8 heteroatoms. The van der Waals surface area contributed by atoms with E-state index in [0.717, 1.165) is 71.2 Å². The van der Waals surface area contributed by atoms with Gasteiger partial charge in [-0.05, 0) is 132 Å². The van der Waals surface area contributed by atoms with Gasteiger partial charge in [0.25, 0.3) is 0 Å². The highest BCUT2D eigenvalue weighted by Gasteiger charge is 2.55. The molecule has 8 nitrogen and oxygen atoms in total. The maximum absolute atomic E-state index is 7.21. The van der Waals surface area contributed by atoms with E-state index >= 15 is 0 Å². The van der Waals surface area contributed by atoms with Gasteiger partial charge >= 0.3 is 0 Å². The fraction of sp³-hybridized carbons (Fsp3) is 0.500. The maximum Gasteiger partial charge on any atom is 0.171 e. The summed E-state index contributed by atoms with van der Waals surface area (Å²) in [4.78, 5) is 0. The van der Waals surface area contributed by atoms with Crippen LogP contribution in [0.1, 0.15) is 77.6 Å². The number of hydrogen-bond acceptors (Lipinski definition) is 6. The van der Waals surface area contributed by atoms with Crippen LogP contribution in [0.3, 0.4) is 0 Å². The molecule has 56 heavy (non-hydrogen) atoms. The molecule has 0 bridgehead atoms. The van der Waals surface area contributed by atoms with Gasteiger partial charge in [0.1, 0.15) is 74.5 Å². The summed E-state index contributed by atoms with van der Waals surface area (Å²) >= 11 is 0. The predicted octanol–water partition coefficient (Wildman–Crippen LogP) is 9.82. The number of rotatable bonds is 20. The minimum atomic E-state index is -0.769. The average molecular weight is 769 g/mol. The van der Waals surface area contributed by atoms with E-state index in [4.69, 9.17) is 28.4 Å². The van der Waals surface area contributed by atoms with Gasteiger partial charge in [0.2, 0.25) is 0 Å². The molecule has 1 heterocycles. The molecule has 0 N–H and O–H groups in total. The standard InChI is InChI=1S/C48H68N2O6/c1-11-51-41-23-15-37(16-24-41)31-49(9,32-38-17-25-42(26-18-38)52-12-2)35-45-46(56-48(8,55-45)47(5,6)7)36-50(10,33-39-19-27-43(28-20-39)53-13-3)34-40-21-29-44(30-22-40)54-14-4/h15-30,45-46H,11-14,31-36H2,1-10H3/q+2/t45-,46-/m0/s1. The zero-order valence-corrected chi connectivity index (χ0v) is 35.8. The third-order valence-electron chi connectivity index (χ3n) is 11.0. The van der Waals surface area contributed by atoms with E-state index in [1.54, 1.807) is 0 Å². The van der Waals surface area contributed by atoms with Crippen molar-refractivity contribution < 1.29 is 37.4 Å². The summed E-state index contributed by atoms with van der Waals surface area (Å²) in [7, 11) is 4.71. The Morgan fingerprint density at radius 2 is 0.696 bits per heavy atom. The van der Waals surface area contributed by atoms with Gasteiger partial charge in [-0.25, -0.2) is 0 Å². The number of ether oxygens (including phenoxy) is 6.